The second-order valence-electron chi connectivity index (χ2n) is 7.65. The normalized spacial score (nSPS) is 10.9. The molecule has 0 aliphatic carbocycles. The van der Waals surface area contributed by atoms with Gasteiger partial charge >= 0.3 is 0 Å². The fraction of sp³-hybridized carbons (Fsp3) is 0.125. The summed E-state index contributed by atoms with van der Waals surface area (Å²) in [6.45, 7) is 1.18. The zero-order valence-electron chi connectivity index (χ0n) is 18.8. The maximum atomic E-state index is 12.9. The van der Waals surface area contributed by atoms with E-state index < -0.39 is 0 Å². The number of ether oxygens (including phenoxy) is 1. The predicted octanol–water partition coefficient (Wildman–Crippen LogP) is 3.34. The number of nitrogens with zero attached hydrogens (tertiary/aromatic N) is 6. The van der Waals surface area contributed by atoms with Crippen LogP contribution >= 0.6 is 22.9 Å². The molecular formula is C24H20ClN7O3S. The van der Waals surface area contributed by atoms with Crippen molar-refractivity contribution in [2.45, 2.75) is 13.1 Å². The summed E-state index contributed by atoms with van der Waals surface area (Å²) in [4.78, 5) is 29.6. The highest BCUT2D eigenvalue weighted by atomic mass is 35.5. The van der Waals surface area contributed by atoms with Crippen molar-refractivity contribution in [1.82, 2.24) is 34.4 Å². The van der Waals surface area contributed by atoms with Crippen LogP contribution in [0.5, 0.6) is 5.75 Å². The van der Waals surface area contributed by atoms with E-state index >= 15 is 0 Å². The summed E-state index contributed by atoms with van der Waals surface area (Å²) in [5, 5.41) is 11.0. The third-order valence-electron chi connectivity index (χ3n) is 5.24. The minimum atomic E-state index is -0.248. The first-order chi connectivity index (χ1) is 17.6. The molecule has 0 atom stereocenters. The summed E-state index contributed by atoms with van der Waals surface area (Å²) in [5.41, 5.74) is 1.80. The van der Waals surface area contributed by atoms with Crippen LogP contribution in [0.4, 0.5) is 0 Å². The van der Waals surface area contributed by atoms with Crippen molar-refractivity contribution in [3.63, 3.8) is 0 Å². The molecule has 1 amide bonds. The third-order valence-corrected chi connectivity index (χ3v) is 6.47. The van der Waals surface area contributed by atoms with E-state index in [-0.39, 0.29) is 23.8 Å². The van der Waals surface area contributed by atoms with Crippen LogP contribution in [0.1, 0.15) is 15.4 Å². The lowest BCUT2D eigenvalue weighted by molar-refractivity contribution is 0.0954. The summed E-state index contributed by atoms with van der Waals surface area (Å²) < 4.78 is 11.3. The number of carbonyl (C=O) groups is 1. The quantitative estimate of drug-likeness (QED) is 0.319. The van der Waals surface area contributed by atoms with Gasteiger partial charge in [0.05, 0.1) is 40.5 Å². The molecule has 0 spiro atoms. The molecule has 4 heterocycles. The highest BCUT2D eigenvalue weighted by Gasteiger charge is 2.11. The third kappa shape index (κ3) is 5.37. The number of aromatic nitrogens is 6. The van der Waals surface area contributed by atoms with Gasteiger partial charge in [0.15, 0.2) is 5.75 Å². The van der Waals surface area contributed by atoms with E-state index in [1.807, 2.05) is 35.0 Å². The van der Waals surface area contributed by atoms with Crippen molar-refractivity contribution in [1.29, 1.82) is 0 Å². The van der Waals surface area contributed by atoms with Crippen molar-refractivity contribution in [2.24, 2.45) is 0 Å². The zero-order valence-corrected chi connectivity index (χ0v) is 20.4. The number of benzene rings is 1. The lowest BCUT2D eigenvalue weighted by Gasteiger charge is -2.10. The van der Waals surface area contributed by atoms with Gasteiger partial charge in [-0.25, -0.2) is 9.67 Å². The number of hydrogen-bond donors (Lipinski definition) is 1. The molecule has 0 saturated carbocycles. The maximum Gasteiger partial charge on any atom is 0.297 e. The van der Waals surface area contributed by atoms with Crippen LogP contribution in [0.3, 0.4) is 0 Å². The molecule has 0 fully saturated rings. The standard InChI is InChI=1S/C24H20ClN7O3S/c25-22-8-7-21(36-22)23(33)27-14-17-15-32(29-28-17)19-5-3-18(4-6-19)31-10-1-2-20(24(31)34)35-13-12-30-11-9-26-16-30/h1-11,15-16H,12-14H2,(H,27,33). The second kappa shape index (κ2) is 10.6. The molecule has 0 aliphatic heterocycles. The molecule has 5 rings (SSSR count). The molecular weight excluding hydrogens is 502 g/mol. The van der Waals surface area contributed by atoms with Gasteiger partial charge in [0, 0.05) is 24.3 Å². The monoisotopic (exact) mass is 521 g/mol. The number of carbonyl (C=O) groups excluding carboxylic acids is 1. The number of hydrogen-bond acceptors (Lipinski definition) is 7. The number of amides is 1. The predicted molar refractivity (Wildman–Crippen MR) is 135 cm³/mol. The molecule has 0 unspecified atom stereocenters. The maximum absolute atomic E-state index is 12.9. The Balaban J connectivity index is 1.23. The topological polar surface area (TPSA) is 109 Å². The molecule has 0 aliphatic rings. The Labute approximate surface area is 214 Å². The summed E-state index contributed by atoms with van der Waals surface area (Å²) in [7, 11) is 0. The number of nitrogens with one attached hydrogen (secondary N) is 1. The molecule has 12 heteroatoms. The Kier molecular flexibility index (Phi) is 6.92. The van der Waals surface area contributed by atoms with Gasteiger partial charge in [0.1, 0.15) is 12.3 Å². The number of pyridine rings is 1. The fourth-order valence-electron chi connectivity index (χ4n) is 3.43. The van der Waals surface area contributed by atoms with Gasteiger partial charge in [0.25, 0.3) is 11.5 Å². The molecule has 36 heavy (non-hydrogen) atoms. The second-order valence-corrected chi connectivity index (χ2v) is 9.37. The van der Waals surface area contributed by atoms with E-state index in [1.165, 1.54) is 15.9 Å². The molecule has 10 nitrogen and oxygen atoms in total. The van der Waals surface area contributed by atoms with Crippen LogP contribution in [0.25, 0.3) is 11.4 Å². The van der Waals surface area contributed by atoms with Crippen LogP contribution in [-0.4, -0.2) is 41.6 Å². The SMILES string of the molecule is O=C(NCc1cn(-c2ccc(-n3cccc(OCCn4ccnc4)c3=O)cc2)nn1)c1ccc(Cl)s1. The van der Waals surface area contributed by atoms with Gasteiger partial charge in [-0.3, -0.25) is 14.2 Å². The Hall–Kier alpha value is -4.22. The van der Waals surface area contributed by atoms with E-state index in [9.17, 15) is 9.59 Å². The van der Waals surface area contributed by atoms with Crippen molar-refractivity contribution in [3.05, 3.63) is 105 Å². The van der Waals surface area contributed by atoms with E-state index in [0.29, 0.717) is 33.7 Å². The average molecular weight is 522 g/mol. The van der Waals surface area contributed by atoms with E-state index in [2.05, 4.69) is 20.6 Å². The van der Waals surface area contributed by atoms with Gasteiger partial charge in [-0.1, -0.05) is 16.8 Å². The average Bonchev–Trinajstić information content (AvgIpc) is 3.66. The van der Waals surface area contributed by atoms with Gasteiger partial charge in [-0.15, -0.1) is 16.4 Å². The van der Waals surface area contributed by atoms with E-state index in [4.69, 9.17) is 16.3 Å². The highest BCUT2D eigenvalue weighted by molar-refractivity contribution is 7.17. The van der Waals surface area contributed by atoms with Gasteiger partial charge in [0.2, 0.25) is 0 Å². The zero-order chi connectivity index (χ0) is 24.9. The molecule has 182 valence electrons. The minimum absolute atomic E-state index is 0.218. The Bertz CT molecular complexity index is 1520. The van der Waals surface area contributed by atoms with E-state index in [1.54, 1.807) is 53.9 Å². The molecule has 0 radical (unpaired) electrons. The number of thiophene rings is 1. The summed E-state index contributed by atoms with van der Waals surface area (Å²) >= 11 is 7.10. The van der Waals surface area contributed by atoms with Crippen molar-refractivity contribution in [3.8, 4) is 17.1 Å². The lowest BCUT2D eigenvalue weighted by Crippen LogP contribution is -2.21. The Morgan fingerprint density at radius 3 is 2.67 bits per heavy atom. The summed E-state index contributed by atoms with van der Waals surface area (Å²) in [6, 6.07) is 14.1. The molecule has 0 saturated heterocycles. The van der Waals surface area contributed by atoms with Gasteiger partial charge in [-0.2, -0.15) is 0 Å². The number of imidazole rings is 1. The van der Waals surface area contributed by atoms with Crippen molar-refractivity contribution < 1.29 is 9.53 Å². The van der Waals surface area contributed by atoms with Crippen LogP contribution in [0.2, 0.25) is 4.34 Å². The first-order valence-corrected chi connectivity index (χ1v) is 12.1. The summed E-state index contributed by atoms with van der Waals surface area (Å²) in [5.74, 6) is 0.0543. The molecule has 5 aromatic rings. The van der Waals surface area contributed by atoms with Crippen LogP contribution < -0.4 is 15.6 Å². The first kappa shape index (κ1) is 23.5. The molecule has 1 aromatic carbocycles. The minimum Gasteiger partial charge on any atom is -0.486 e. The Morgan fingerprint density at radius 2 is 1.92 bits per heavy atom. The summed E-state index contributed by atoms with van der Waals surface area (Å²) in [6.07, 6.45) is 8.66. The smallest absolute Gasteiger partial charge is 0.297 e. The van der Waals surface area contributed by atoms with Crippen LogP contribution in [0.15, 0.2) is 84.4 Å². The van der Waals surface area contributed by atoms with Crippen molar-refractivity contribution in [2.75, 3.05) is 6.61 Å². The molecule has 1 N–H and O–H groups in total. The van der Waals surface area contributed by atoms with Gasteiger partial charge in [-0.05, 0) is 48.5 Å². The van der Waals surface area contributed by atoms with Gasteiger partial charge < -0.3 is 14.6 Å². The number of halogens is 1. The Morgan fingerprint density at radius 1 is 1.08 bits per heavy atom. The lowest BCUT2D eigenvalue weighted by atomic mass is 10.2. The number of rotatable bonds is 9. The van der Waals surface area contributed by atoms with Crippen LogP contribution in [-0.2, 0) is 13.1 Å². The molecule has 0 bridgehead atoms. The first-order valence-electron chi connectivity index (χ1n) is 10.9. The largest absolute Gasteiger partial charge is 0.486 e. The fourth-order valence-corrected chi connectivity index (χ4v) is 4.39. The van der Waals surface area contributed by atoms with Crippen LogP contribution in [0, 0.1) is 0 Å². The van der Waals surface area contributed by atoms with Crippen molar-refractivity contribution >= 4 is 28.8 Å². The van der Waals surface area contributed by atoms with E-state index in [0.717, 1.165) is 5.69 Å². The highest BCUT2D eigenvalue weighted by Crippen LogP contribution is 2.21. The molecule has 4 aromatic heterocycles.